The summed E-state index contributed by atoms with van der Waals surface area (Å²) in [5.41, 5.74) is 0.860. The van der Waals surface area contributed by atoms with Gasteiger partial charge in [0.05, 0.1) is 14.2 Å². The van der Waals surface area contributed by atoms with Crippen LogP contribution < -0.4 is 14.8 Å². The summed E-state index contributed by atoms with van der Waals surface area (Å²) in [7, 11) is 3.18. The topological polar surface area (TPSA) is 64.6 Å². The fraction of sp³-hybridized carbons (Fsp3) is 0.500. The SMILES string of the molecule is CCCC1C(=O)NC(=O)CC1c1cc(OC)ccc1OC. The summed E-state index contributed by atoms with van der Waals surface area (Å²) in [6.07, 6.45) is 1.92. The average Bonchev–Trinajstić information content (AvgIpc) is 2.49. The maximum absolute atomic E-state index is 12.1. The minimum Gasteiger partial charge on any atom is -0.497 e. The highest BCUT2D eigenvalue weighted by Crippen LogP contribution is 2.40. The predicted molar refractivity (Wildman–Crippen MR) is 78.5 cm³/mol. The number of hydrogen-bond acceptors (Lipinski definition) is 4. The van der Waals surface area contributed by atoms with E-state index in [0.29, 0.717) is 17.9 Å². The molecule has 0 aromatic heterocycles. The Bertz CT molecular complexity index is 541. The van der Waals surface area contributed by atoms with Crippen molar-refractivity contribution in [2.45, 2.75) is 32.1 Å². The quantitative estimate of drug-likeness (QED) is 0.845. The zero-order valence-corrected chi connectivity index (χ0v) is 12.6. The molecule has 114 valence electrons. The van der Waals surface area contributed by atoms with E-state index in [1.54, 1.807) is 14.2 Å². The second kappa shape index (κ2) is 6.61. The van der Waals surface area contributed by atoms with E-state index in [2.05, 4.69) is 5.32 Å². The molecule has 1 aliphatic rings. The molecule has 1 fully saturated rings. The number of piperidine rings is 1. The van der Waals surface area contributed by atoms with Crippen LogP contribution in [0.2, 0.25) is 0 Å². The Kier molecular flexibility index (Phi) is 4.83. The Morgan fingerprint density at radius 2 is 2.00 bits per heavy atom. The number of methoxy groups -OCH3 is 2. The molecule has 1 heterocycles. The van der Waals surface area contributed by atoms with Crippen LogP contribution in [0, 0.1) is 5.92 Å². The molecule has 2 amide bonds. The molecule has 5 heteroatoms. The van der Waals surface area contributed by atoms with Crippen molar-refractivity contribution >= 4 is 11.8 Å². The normalized spacial score (nSPS) is 21.9. The van der Waals surface area contributed by atoms with Crippen molar-refractivity contribution in [1.82, 2.24) is 5.32 Å². The maximum atomic E-state index is 12.1. The largest absolute Gasteiger partial charge is 0.497 e. The number of amides is 2. The number of benzene rings is 1. The van der Waals surface area contributed by atoms with Crippen LogP contribution >= 0.6 is 0 Å². The lowest BCUT2D eigenvalue weighted by Crippen LogP contribution is -2.44. The molecule has 1 aromatic carbocycles. The second-order valence-corrected chi connectivity index (χ2v) is 5.23. The molecule has 2 rings (SSSR count). The first-order valence-electron chi connectivity index (χ1n) is 7.16. The molecule has 0 radical (unpaired) electrons. The van der Waals surface area contributed by atoms with Crippen molar-refractivity contribution in [2.24, 2.45) is 5.92 Å². The van der Waals surface area contributed by atoms with Gasteiger partial charge in [0.1, 0.15) is 11.5 Å². The number of rotatable bonds is 5. The number of imide groups is 1. The first-order chi connectivity index (χ1) is 10.1. The van der Waals surface area contributed by atoms with Crippen LogP contribution in [0.15, 0.2) is 18.2 Å². The number of nitrogens with one attached hydrogen (secondary N) is 1. The van der Waals surface area contributed by atoms with E-state index in [9.17, 15) is 9.59 Å². The second-order valence-electron chi connectivity index (χ2n) is 5.23. The van der Waals surface area contributed by atoms with E-state index >= 15 is 0 Å². The van der Waals surface area contributed by atoms with Crippen LogP contribution in [0.5, 0.6) is 11.5 Å². The van der Waals surface area contributed by atoms with Crippen molar-refractivity contribution in [2.75, 3.05) is 14.2 Å². The lowest BCUT2D eigenvalue weighted by Gasteiger charge is -2.31. The van der Waals surface area contributed by atoms with Crippen molar-refractivity contribution < 1.29 is 19.1 Å². The highest BCUT2D eigenvalue weighted by atomic mass is 16.5. The zero-order chi connectivity index (χ0) is 15.4. The van der Waals surface area contributed by atoms with Crippen molar-refractivity contribution in [3.63, 3.8) is 0 Å². The van der Waals surface area contributed by atoms with Gasteiger partial charge in [0.15, 0.2) is 0 Å². The molecular formula is C16H21NO4. The van der Waals surface area contributed by atoms with E-state index < -0.39 is 0 Å². The van der Waals surface area contributed by atoms with Gasteiger partial charge in [-0.25, -0.2) is 0 Å². The molecule has 2 atom stereocenters. The van der Waals surface area contributed by atoms with Crippen LogP contribution in [0.1, 0.15) is 37.7 Å². The van der Waals surface area contributed by atoms with Gasteiger partial charge >= 0.3 is 0 Å². The molecule has 5 nitrogen and oxygen atoms in total. The van der Waals surface area contributed by atoms with E-state index in [1.165, 1.54) is 0 Å². The standard InChI is InChI=1S/C16H21NO4/c1-4-5-11-12(9-15(18)17-16(11)19)13-8-10(20-2)6-7-14(13)21-3/h6-8,11-12H,4-5,9H2,1-3H3,(H,17,18,19). The van der Waals surface area contributed by atoms with Gasteiger partial charge in [-0.05, 0) is 24.6 Å². The molecule has 2 unspecified atom stereocenters. The van der Waals surface area contributed by atoms with Crippen LogP contribution in [-0.4, -0.2) is 26.0 Å². The summed E-state index contributed by atoms with van der Waals surface area (Å²) >= 11 is 0. The van der Waals surface area contributed by atoms with E-state index in [-0.39, 0.29) is 23.7 Å². The highest BCUT2D eigenvalue weighted by molar-refractivity contribution is 6.00. The Morgan fingerprint density at radius 3 is 2.62 bits per heavy atom. The third-order valence-corrected chi connectivity index (χ3v) is 3.93. The van der Waals surface area contributed by atoms with Gasteiger partial charge < -0.3 is 9.47 Å². The maximum Gasteiger partial charge on any atom is 0.230 e. The Hall–Kier alpha value is -2.04. The molecule has 0 bridgehead atoms. The number of ether oxygens (including phenoxy) is 2. The van der Waals surface area contributed by atoms with Gasteiger partial charge in [0.25, 0.3) is 0 Å². The molecule has 21 heavy (non-hydrogen) atoms. The monoisotopic (exact) mass is 291 g/mol. The molecule has 1 saturated heterocycles. The summed E-state index contributed by atoms with van der Waals surface area (Å²) in [5.74, 6) is 0.569. The van der Waals surface area contributed by atoms with Crippen LogP contribution in [-0.2, 0) is 9.59 Å². The summed E-state index contributed by atoms with van der Waals surface area (Å²) in [4.78, 5) is 23.9. The number of carbonyl (C=O) groups is 2. The van der Waals surface area contributed by atoms with Crippen molar-refractivity contribution in [3.8, 4) is 11.5 Å². The van der Waals surface area contributed by atoms with E-state index in [1.807, 2.05) is 25.1 Å². The van der Waals surface area contributed by atoms with Gasteiger partial charge in [0, 0.05) is 23.8 Å². The first kappa shape index (κ1) is 15.4. The minimum atomic E-state index is -0.234. The van der Waals surface area contributed by atoms with Gasteiger partial charge in [-0.3, -0.25) is 14.9 Å². The van der Waals surface area contributed by atoms with Gasteiger partial charge in [0.2, 0.25) is 11.8 Å². The third kappa shape index (κ3) is 3.17. The molecule has 0 spiro atoms. The molecule has 1 N–H and O–H groups in total. The van der Waals surface area contributed by atoms with Crippen LogP contribution in [0.25, 0.3) is 0 Å². The van der Waals surface area contributed by atoms with E-state index in [0.717, 1.165) is 18.4 Å². The Labute approximate surface area is 124 Å². The Balaban J connectivity index is 2.44. The zero-order valence-electron chi connectivity index (χ0n) is 12.6. The first-order valence-corrected chi connectivity index (χ1v) is 7.16. The highest BCUT2D eigenvalue weighted by Gasteiger charge is 2.37. The molecule has 0 saturated carbocycles. The van der Waals surface area contributed by atoms with Gasteiger partial charge in [-0.1, -0.05) is 13.3 Å². The molecule has 0 aliphatic carbocycles. The Morgan fingerprint density at radius 1 is 1.24 bits per heavy atom. The fourth-order valence-corrected chi connectivity index (χ4v) is 2.91. The summed E-state index contributed by atoms with van der Waals surface area (Å²) in [5, 5.41) is 2.43. The smallest absolute Gasteiger partial charge is 0.230 e. The third-order valence-electron chi connectivity index (χ3n) is 3.93. The summed E-state index contributed by atoms with van der Waals surface area (Å²) in [6, 6.07) is 5.48. The molecule has 1 aliphatic heterocycles. The summed E-state index contributed by atoms with van der Waals surface area (Å²) < 4.78 is 10.6. The summed E-state index contributed by atoms with van der Waals surface area (Å²) in [6.45, 7) is 2.03. The van der Waals surface area contributed by atoms with E-state index in [4.69, 9.17) is 9.47 Å². The van der Waals surface area contributed by atoms with Gasteiger partial charge in [-0.15, -0.1) is 0 Å². The lowest BCUT2D eigenvalue weighted by atomic mass is 9.77. The fourth-order valence-electron chi connectivity index (χ4n) is 2.91. The number of carbonyl (C=O) groups excluding carboxylic acids is 2. The lowest BCUT2D eigenvalue weighted by molar-refractivity contribution is -0.137. The van der Waals surface area contributed by atoms with Crippen LogP contribution in [0.3, 0.4) is 0 Å². The average molecular weight is 291 g/mol. The van der Waals surface area contributed by atoms with Crippen molar-refractivity contribution in [3.05, 3.63) is 23.8 Å². The molecular weight excluding hydrogens is 270 g/mol. The van der Waals surface area contributed by atoms with Crippen molar-refractivity contribution in [1.29, 1.82) is 0 Å². The van der Waals surface area contributed by atoms with Gasteiger partial charge in [-0.2, -0.15) is 0 Å². The number of hydrogen-bond donors (Lipinski definition) is 1. The predicted octanol–water partition coefficient (Wildman–Crippen LogP) is 2.25. The minimum absolute atomic E-state index is 0.170. The van der Waals surface area contributed by atoms with Crippen LogP contribution in [0.4, 0.5) is 0 Å². The molecule has 1 aromatic rings.